The van der Waals surface area contributed by atoms with Gasteiger partial charge in [0.25, 0.3) is 5.91 Å². The molecule has 0 saturated carbocycles. The molecule has 7 nitrogen and oxygen atoms in total. The van der Waals surface area contributed by atoms with E-state index in [4.69, 9.17) is 11.6 Å². The molecule has 0 bridgehead atoms. The zero-order valence-electron chi connectivity index (χ0n) is 18.6. The van der Waals surface area contributed by atoms with Gasteiger partial charge in [-0.05, 0) is 50.6 Å². The zero-order valence-corrected chi connectivity index (χ0v) is 19.3. The van der Waals surface area contributed by atoms with Crippen molar-refractivity contribution in [2.24, 2.45) is 0 Å². The van der Waals surface area contributed by atoms with Crippen LogP contribution in [-0.2, 0) is 9.59 Å². The van der Waals surface area contributed by atoms with Gasteiger partial charge < -0.3 is 10.7 Å². The molecule has 3 aromatic carbocycles. The molecule has 0 aromatic heterocycles. The average Bonchev–Trinajstić information content (AvgIpc) is 3.21. The third-order valence-electron chi connectivity index (χ3n) is 4.93. The molecule has 1 heterocycles. The Morgan fingerprint density at radius 2 is 1.61 bits per heavy atom. The molecule has 33 heavy (non-hydrogen) atoms. The number of aryl methyl sites for hydroxylation is 1. The molecule has 0 radical (unpaired) electrons. The number of halogens is 1. The van der Waals surface area contributed by atoms with Crippen molar-refractivity contribution in [3.05, 3.63) is 88.9 Å². The van der Waals surface area contributed by atoms with Crippen LogP contribution in [0.25, 0.3) is 0 Å². The van der Waals surface area contributed by atoms with E-state index in [1.54, 1.807) is 19.1 Å². The topological polar surface area (TPSA) is 90.5 Å². The van der Waals surface area contributed by atoms with Crippen LogP contribution in [0, 0.1) is 6.92 Å². The molecule has 8 heteroatoms. The number of ketones is 2. The van der Waals surface area contributed by atoms with Gasteiger partial charge in [0, 0.05) is 5.56 Å². The Bertz CT molecular complexity index is 1170. The van der Waals surface area contributed by atoms with Gasteiger partial charge in [-0.1, -0.05) is 60.1 Å². The van der Waals surface area contributed by atoms with Crippen LogP contribution in [0.4, 0.5) is 17.1 Å². The Balaban J connectivity index is 0.000000286. The number of fused-ring (bicyclic) bond motifs is 1. The van der Waals surface area contributed by atoms with Crippen LogP contribution in [0.15, 0.2) is 72.8 Å². The Kier molecular flexibility index (Phi) is 7.82. The highest BCUT2D eigenvalue weighted by Gasteiger charge is 2.35. The average molecular weight is 465 g/mol. The standard InChI is InChI=1S/C17H17ClN4O2.C8H8O/c1-10-7-8-12(18)14(9-10)19-17(24)16(11(2)23)22-15-6-4-3-5-13(15)20-21-22;1-7(9)8-5-3-2-4-6-8/h3-9,16,20-21H,1-2H3,(H,19,24);2-6H,1H3. The fourth-order valence-corrected chi connectivity index (χ4v) is 3.43. The summed E-state index contributed by atoms with van der Waals surface area (Å²) in [6, 6.07) is 20.9. The number of Topliss-reactive ketones (excluding diaryl/α,β-unsaturated/α-hetero) is 2. The molecule has 0 saturated heterocycles. The summed E-state index contributed by atoms with van der Waals surface area (Å²) in [4.78, 5) is 35.5. The van der Waals surface area contributed by atoms with Crippen LogP contribution in [0.3, 0.4) is 0 Å². The van der Waals surface area contributed by atoms with E-state index in [1.165, 1.54) is 11.9 Å². The minimum atomic E-state index is -1.03. The second-order valence-corrected chi connectivity index (χ2v) is 7.94. The number of rotatable bonds is 5. The van der Waals surface area contributed by atoms with Crippen LogP contribution in [-0.4, -0.2) is 23.5 Å². The summed E-state index contributed by atoms with van der Waals surface area (Å²) >= 11 is 6.12. The lowest BCUT2D eigenvalue weighted by molar-refractivity contribution is -0.126. The van der Waals surface area contributed by atoms with E-state index in [0.29, 0.717) is 10.7 Å². The Hall–Kier alpha value is -3.68. The molecule has 1 unspecified atom stereocenters. The van der Waals surface area contributed by atoms with Crippen molar-refractivity contribution in [2.45, 2.75) is 26.8 Å². The van der Waals surface area contributed by atoms with Crippen molar-refractivity contribution < 1.29 is 14.4 Å². The number of hydrogen-bond donors (Lipinski definition) is 3. The SMILES string of the molecule is CC(=O)C(C(=O)Nc1cc(C)ccc1Cl)N1NNc2ccccc21.CC(=O)c1ccccc1. The van der Waals surface area contributed by atoms with Gasteiger partial charge in [0.05, 0.1) is 22.1 Å². The van der Waals surface area contributed by atoms with Crippen molar-refractivity contribution in [3.8, 4) is 0 Å². The van der Waals surface area contributed by atoms with E-state index in [9.17, 15) is 14.4 Å². The van der Waals surface area contributed by atoms with E-state index < -0.39 is 11.9 Å². The quantitative estimate of drug-likeness (QED) is 0.371. The molecular weight excluding hydrogens is 440 g/mol. The molecule has 0 spiro atoms. The number of para-hydroxylation sites is 2. The molecular formula is C25H25ClN4O3. The number of carbonyl (C=O) groups is 3. The fourth-order valence-electron chi connectivity index (χ4n) is 3.27. The van der Waals surface area contributed by atoms with Gasteiger partial charge in [-0.15, -0.1) is 5.53 Å². The first-order chi connectivity index (χ1) is 15.8. The van der Waals surface area contributed by atoms with Gasteiger partial charge in [0.2, 0.25) is 0 Å². The summed E-state index contributed by atoms with van der Waals surface area (Å²) in [5, 5.41) is 4.67. The highest BCUT2D eigenvalue weighted by Crippen LogP contribution is 2.30. The number of hydrazine groups is 2. The van der Waals surface area contributed by atoms with Crippen molar-refractivity contribution in [1.82, 2.24) is 5.53 Å². The van der Waals surface area contributed by atoms with Crippen molar-refractivity contribution >= 4 is 46.1 Å². The zero-order chi connectivity index (χ0) is 24.0. The number of carbonyl (C=O) groups excluding carboxylic acids is 3. The maximum atomic E-state index is 12.7. The van der Waals surface area contributed by atoms with Gasteiger partial charge in [0.1, 0.15) is 0 Å². The predicted molar refractivity (Wildman–Crippen MR) is 131 cm³/mol. The Labute approximate surface area is 197 Å². The lowest BCUT2D eigenvalue weighted by atomic mass is 10.1. The maximum Gasteiger partial charge on any atom is 0.256 e. The first kappa shape index (κ1) is 24.0. The van der Waals surface area contributed by atoms with Gasteiger partial charge in [-0.3, -0.25) is 19.4 Å². The van der Waals surface area contributed by atoms with E-state index >= 15 is 0 Å². The highest BCUT2D eigenvalue weighted by molar-refractivity contribution is 6.34. The van der Waals surface area contributed by atoms with E-state index in [-0.39, 0.29) is 11.6 Å². The second-order valence-electron chi connectivity index (χ2n) is 7.53. The summed E-state index contributed by atoms with van der Waals surface area (Å²) in [5.74, 6) is -0.626. The lowest BCUT2D eigenvalue weighted by Gasteiger charge is -2.26. The molecule has 4 rings (SSSR count). The van der Waals surface area contributed by atoms with Gasteiger partial charge in [-0.2, -0.15) is 0 Å². The highest BCUT2D eigenvalue weighted by atomic mass is 35.5. The summed E-state index contributed by atoms with van der Waals surface area (Å²) in [6.45, 7) is 4.84. The third kappa shape index (κ3) is 5.97. The molecule has 3 N–H and O–H groups in total. The summed E-state index contributed by atoms with van der Waals surface area (Å²) < 4.78 is 0. The summed E-state index contributed by atoms with van der Waals surface area (Å²) in [7, 11) is 0. The first-order valence-electron chi connectivity index (χ1n) is 10.3. The van der Waals surface area contributed by atoms with Crippen LogP contribution < -0.4 is 21.3 Å². The van der Waals surface area contributed by atoms with Crippen molar-refractivity contribution in [3.63, 3.8) is 0 Å². The number of hydrogen-bond acceptors (Lipinski definition) is 6. The van der Waals surface area contributed by atoms with E-state index in [0.717, 1.165) is 22.5 Å². The summed E-state index contributed by atoms with van der Waals surface area (Å²) in [6.07, 6.45) is 0. The Morgan fingerprint density at radius 1 is 0.939 bits per heavy atom. The predicted octanol–water partition coefficient (Wildman–Crippen LogP) is 4.79. The van der Waals surface area contributed by atoms with E-state index in [2.05, 4.69) is 16.3 Å². The largest absolute Gasteiger partial charge is 0.322 e. The number of nitrogens with one attached hydrogen (secondary N) is 3. The minimum Gasteiger partial charge on any atom is -0.322 e. The maximum absolute atomic E-state index is 12.7. The van der Waals surface area contributed by atoms with Crippen LogP contribution in [0.1, 0.15) is 29.8 Å². The third-order valence-corrected chi connectivity index (χ3v) is 5.26. The smallest absolute Gasteiger partial charge is 0.256 e. The monoisotopic (exact) mass is 464 g/mol. The molecule has 3 aromatic rings. The number of nitrogens with zero attached hydrogens (tertiary/aromatic N) is 1. The number of amides is 1. The number of anilines is 3. The van der Waals surface area contributed by atoms with Crippen LogP contribution >= 0.6 is 11.6 Å². The van der Waals surface area contributed by atoms with E-state index in [1.807, 2.05) is 67.6 Å². The van der Waals surface area contributed by atoms with Gasteiger partial charge >= 0.3 is 0 Å². The van der Waals surface area contributed by atoms with Gasteiger partial charge in [-0.25, -0.2) is 0 Å². The molecule has 1 aliphatic rings. The molecule has 1 atom stereocenters. The number of benzene rings is 3. The minimum absolute atomic E-state index is 0.121. The molecule has 1 aliphatic heterocycles. The molecule has 0 fully saturated rings. The second kappa shape index (κ2) is 10.8. The molecule has 0 aliphatic carbocycles. The van der Waals surface area contributed by atoms with Crippen molar-refractivity contribution in [1.29, 1.82) is 0 Å². The fraction of sp³-hybridized carbons (Fsp3) is 0.160. The van der Waals surface area contributed by atoms with Crippen molar-refractivity contribution in [2.75, 3.05) is 15.8 Å². The van der Waals surface area contributed by atoms with Crippen LogP contribution in [0.2, 0.25) is 5.02 Å². The lowest BCUT2D eigenvalue weighted by Crippen LogP contribution is -2.54. The van der Waals surface area contributed by atoms with Crippen LogP contribution in [0.5, 0.6) is 0 Å². The normalized spacial score (nSPS) is 12.5. The summed E-state index contributed by atoms with van der Waals surface area (Å²) in [5.41, 5.74) is 9.54. The van der Waals surface area contributed by atoms with Gasteiger partial charge in [0.15, 0.2) is 17.6 Å². The molecule has 170 valence electrons. The molecule has 1 amide bonds. The Morgan fingerprint density at radius 3 is 2.24 bits per heavy atom. The first-order valence-corrected chi connectivity index (χ1v) is 10.7.